The maximum atomic E-state index is 12.7. The Balaban J connectivity index is 1.64. The summed E-state index contributed by atoms with van der Waals surface area (Å²) in [6, 6.07) is 12.6. The lowest BCUT2D eigenvalue weighted by Crippen LogP contribution is -2.52. The number of hydrogen-bond acceptors (Lipinski definition) is 7. The van der Waals surface area contributed by atoms with Gasteiger partial charge in [-0.2, -0.15) is 0 Å². The van der Waals surface area contributed by atoms with E-state index in [1.54, 1.807) is 36.4 Å². The second kappa shape index (κ2) is 7.22. The van der Waals surface area contributed by atoms with Gasteiger partial charge < -0.3 is 5.32 Å². The quantitative estimate of drug-likeness (QED) is 0.562. The van der Waals surface area contributed by atoms with E-state index in [0.717, 1.165) is 11.8 Å². The van der Waals surface area contributed by atoms with Crippen LogP contribution in [0.2, 0.25) is 0 Å². The zero-order valence-electron chi connectivity index (χ0n) is 16.3. The molecule has 1 amide bonds. The molecule has 30 heavy (non-hydrogen) atoms. The van der Waals surface area contributed by atoms with Crippen LogP contribution in [0.3, 0.4) is 0 Å². The maximum absolute atomic E-state index is 12.7. The van der Waals surface area contributed by atoms with E-state index in [1.807, 2.05) is 6.92 Å². The van der Waals surface area contributed by atoms with Gasteiger partial charge in [0.2, 0.25) is 0 Å². The van der Waals surface area contributed by atoms with Gasteiger partial charge in [-0.1, -0.05) is 12.1 Å². The monoisotopic (exact) mass is 428 g/mol. The summed E-state index contributed by atoms with van der Waals surface area (Å²) in [5.74, 6) is -0.362. The molecule has 0 aromatic heterocycles. The van der Waals surface area contributed by atoms with E-state index in [2.05, 4.69) is 10.7 Å². The molecule has 9 nitrogen and oxygen atoms in total. The van der Waals surface area contributed by atoms with Gasteiger partial charge in [0.25, 0.3) is 11.6 Å². The summed E-state index contributed by atoms with van der Waals surface area (Å²) in [6.07, 6.45) is 2.21. The van der Waals surface area contributed by atoms with Crippen LogP contribution in [0.4, 0.5) is 5.69 Å². The number of hydrogen-bond donors (Lipinski definition) is 2. The Hall–Kier alpha value is -3.24. The van der Waals surface area contributed by atoms with Crippen molar-refractivity contribution in [3.8, 4) is 0 Å². The number of fused-ring (bicyclic) bond motifs is 1. The molecule has 2 N–H and O–H groups in total. The smallest absolute Gasteiger partial charge is 0.269 e. The van der Waals surface area contributed by atoms with E-state index in [1.165, 1.54) is 23.2 Å². The predicted molar refractivity (Wildman–Crippen MR) is 110 cm³/mol. The molecule has 0 bridgehead atoms. The van der Waals surface area contributed by atoms with E-state index in [4.69, 9.17) is 0 Å². The van der Waals surface area contributed by atoms with E-state index in [9.17, 15) is 23.3 Å². The van der Waals surface area contributed by atoms with Crippen molar-refractivity contribution >= 4 is 27.1 Å². The standard InChI is InChI=1S/C20H20N4O5S/c1-12-19(14-5-9-16(10-6-14)30(2,28)29)20-21-17(11-18(25)23(20)22-12)13-3-7-15(8-4-13)24(26)27/h3-12,19-22H,1-2H3. The third kappa shape index (κ3) is 3.55. The average molecular weight is 428 g/mol. The largest absolute Gasteiger partial charge is 0.363 e. The molecule has 0 saturated carbocycles. The molecule has 2 heterocycles. The summed E-state index contributed by atoms with van der Waals surface area (Å²) < 4.78 is 23.5. The van der Waals surface area contributed by atoms with Crippen molar-refractivity contribution in [3.05, 3.63) is 75.8 Å². The second-order valence-electron chi connectivity index (χ2n) is 7.44. The lowest BCUT2D eigenvalue weighted by atomic mass is 9.90. The van der Waals surface area contributed by atoms with Crippen LogP contribution in [0.15, 0.2) is 59.5 Å². The van der Waals surface area contributed by atoms with E-state index in [-0.39, 0.29) is 28.4 Å². The Morgan fingerprint density at radius 3 is 2.27 bits per heavy atom. The van der Waals surface area contributed by atoms with Crippen molar-refractivity contribution in [2.75, 3.05) is 6.26 Å². The average Bonchev–Trinajstić information content (AvgIpc) is 3.04. The zero-order valence-corrected chi connectivity index (χ0v) is 17.1. The first-order valence-corrected chi connectivity index (χ1v) is 11.2. The minimum Gasteiger partial charge on any atom is -0.363 e. The lowest BCUT2D eigenvalue weighted by Gasteiger charge is -2.33. The lowest BCUT2D eigenvalue weighted by molar-refractivity contribution is -0.384. The minimum atomic E-state index is -3.30. The van der Waals surface area contributed by atoms with Gasteiger partial charge >= 0.3 is 0 Å². The van der Waals surface area contributed by atoms with Crippen molar-refractivity contribution in [1.29, 1.82) is 0 Å². The van der Waals surface area contributed by atoms with E-state index < -0.39 is 20.9 Å². The molecule has 3 unspecified atom stereocenters. The number of rotatable bonds is 4. The second-order valence-corrected chi connectivity index (χ2v) is 9.46. The number of nitrogens with one attached hydrogen (secondary N) is 2. The van der Waals surface area contributed by atoms with Crippen LogP contribution < -0.4 is 10.7 Å². The van der Waals surface area contributed by atoms with Crippen molar-refractivity contribution in [1.82, 2.24) is 15.8 Å². The van der Waals surface area contributed by atoms with Gasteiger partial charge in [-0.3, -0.25) is 19.9 Å². The van der Waals surface area contributed by atoms with Crippen LogP contribution in [-0.2, 0) is 14.6 Å². The fourth-order valence-electron chi connectivity index (χ4n) is 3.90. The number of sulfone groups is 1. The number of carbonyl (C=O) groups excluding carboxylic acids is 1. The fraction of sp³-hybridized carbons (Fsp3) is 0.250. The van der Waals surface area contributed by atoms with Gasteiger partial charge in [0, 0.05) is 42.1 Å². The van der Waals surface area contributed by atoms with Crippen LogP contribution in [0, 0.1) is 10.1 Å². The third-order valence-corrected chi connectivity index (χ3v) is 6.52. The minimum absolute atomic E-state index is 0.0249. The van der Waals surface area contributed by atoms with E-state index in [0.29, 0.717) is 11.3 Å². The van der Waals surface area contributed by atoms with Gasteiger partial charge in [-0.15, -0.1) is 0 Å². The first kappa shape index (κ1) is 20.0. The van der Waals surface area contributed by atoms with Crippen LogP contribution in [-0.4, -0.2) is 42.7 Å². The van der Waals surface area contributed by atoms with Gasteiger partial charge in [0.1, 0.15) is 6.17 Å². The summed E-state index contributed by atoms with van der Waals surface area (Å²) in [4.78, 5) is 23.3. The Morgan fingerprint density at radius 2 is 1.70 bits per heavy atom. The molecule has 3 atom stereocenters. The molecule has 10 heteroatoms. The van der Waals surface area contributed by atoms with Crippen molar-refractivity contribution in [2.24, 2.45) is 0 Å². The molecule has 1 fully saturated rings. The molecule has 4 rings (SSSR count). The summed E-state index contributed by atoms with van der Waals surface area (Å²) in [5.41, 5.74) is 5.27. The summed E-state index contributed by atoms with van der Waals surface area (Å²) >= 11 is 0. The molecule has 2 aliphatic heterocycles. The highest BCUT2D eigenvalue weighted by Crippen LogP contribution is 2.35. The summed E-state index contributed by atoms with van der Waals surface area (Å²) in [5, 5.41) is 15.8. The number of hydrazine groups is 1. The highest BCUT2D eigenvalue weighted by Gasteiger charge is 2.44. The van der Waals surface area contributed by atoms with Crippen LogP contribution >= 0.6 is 0 Å². The summed E-state index contributed by atoms with van der Waals surface area (Å²) in [7, 11) is -3.30. The topological polar surface area (TPSA) is 122 Å². The number of non-ortho nitro benzene ring substituents is 1. The molecule has 0 radical (unpaired) electrons. The molecule has 2 aliphatic rings. The van der Waals surface area contributed by atoms with Crippen molar-refractivity contribution in [2.45, 2.75) is 29.9 Å². The van der Waals surface area contributed by atoms with Crippen molar-refractivity contribution < 1.29 is 18.1 Å². The number of benzene rings is 2. The highest BCUT2D eigenvalue weighted by molar-refractivity contribution is 7.90. The molecular weight excluding hydrogens is 408 g/mol. The molecule has 2 aromatic rings. The molecule has 156 valence electrons. The number of nitro benzene ring substituents is 1. The number of nitrogens with zero attached hydrogens (tertiary/aromatic N) is 2. The Morgan fingerprint density at radius 1 is 1.07 bits per heavy atom. The zero-order chi connectivity index (χ0) is 21.6. The van der Waals surface area contributed by atoms with Crippen LogP contribution in [0.1, 0.15) is 24.0 Å². The van der Waals surface area contributed by atoms with Gasteiger partial charge in [0.05, 0.1) is 9.82 Å². The van der Waals surface area contributed by atoms with Gasteiger partial charge in [-0.05, 0) is 42.3 Å². The third-order valence-electron chi connectivity index (χ3n) is 5.39. The Bertz CT molecular complexity index is 1140. The van der Waals surface area contributed by atoms with Crippen molar-refractivity contribution in [3.63, 3.8) is 0 Å². The molecule has 1 saturated heterocycles. The highest BCUT2D eigenvalue weighted by atomic mass is 32.2. The van der Waals surface area contributed by atoms with Gasteiger partial charge in [0.15, 0.2) is 9.84 Å². The molecule has 0 spiro atoms. The van der Waals surface area contributed by atoms with Crippen LogP contribution in [0.25, 0.3) is 5.70 Å². The van der Waals surface area contributed by atoms with E-state index >= 15 is 0 Å². The number of nitro groups is 1. The SMILES string of the molecule is CC1NN2C(=O)C=C(c3ccc([N+](=O)[O-])cc3)NC2C1c1ccc(S(C)(=O)=O)cc1. The Kier molecular flexibility index (Phi) is 4.83. The predicted octanol–water partition coefficient (Wildman–Crippen LogP) is 1.79. The van der Waals surface area contributed by atoms with Crippen LogP contribution in [0.5, 0.6) is 0 Å². The maximum Gasteiger partial charge on any atom is 0.269 e. The Labute approximate surface area is 173 Å². The fourth-order valence-corrected chi connectivity index (χ4v) is 4.53. The normalized spacial score (nSPS) is 23.5. The number of amides is 1. The van der Waals surface area contributed by atoms with Gasteiger partial charge in [-0.25, -0.2) is 13.8 Å². The first-order chi connectivity index (χ1) is 14.1. The number of carbonyl (C=O) groups is 1. The first-order valence-electron chi connectivity index (χ1n) is 9.27. The molecular formula is C20H20N4O5S. The molecule has 0 aliphatic carbocycles. The molecule has 2 aromatic carbocycles. The summed E-state index contributed by atoms with van der Waals surface area (Å²) in [6.45, 7) is 1.95.